The molecule has 204 valence electrons. The minimum atomic E-state index is -3.56. The number of nitrogens with zero attached hydrogens (tertiary/aromatic N) is 2. The van der Waals surface area contributed by atoms with Gasteiger partial charge in [-0.05, 0) is 48.9 Å². The van der Waals surface area contributed by atoms with E-state index in [2.05, 4.69) is 15.0 Å². The Morgan fingerprint density at radius 3 is 2.38 bits per heavy atom. The Bertz CT molecular complexity index is 1640. The van der Waals surface area contributed by atoms with Crippen LogP contribution in [0.4, 0.5) is 24.5 Å². The van der Waals surface area contributed by atoms with Crippen molar-refractivity contribution in [2.24, 2.45) is 7.05 Å². The quantitative estimate of drug-likeness (QED) is 0.263. The van der Waals surface area contributed by atoms with Gasteiger partial charge in [0.25, 0.3) is 5.91 Å². The molecule has 0 aliphatic carbocycles. The standard InChI is InChI=1S/C26H22ClF3N4O4S/c1-3-39(36,37)33-22-8-17(27)7-21(11-22)32-26(35)16-6-23(34(2)13-16)25-24(10-20(30)12-31-25)38-14-15-4-18(28)9-19(29)5-15/h4-13,33H,3,14H2,1-2H3,(H,32,35). The number of hydrogen-bond acceptors (Lipinski definition) is 5. The highest BCUT2D eigenvalue weighted by Crippen LogP contribution is 2.31. The van der Waals surface area contributed by atoms with E-state index < -0.39 is 33.4 Å². The van der Waals surface area contributed by atoms with E-state index in [1.54, 1.807) is 11.6 Å². The van der Waals surface area contributed by atoms with Crippen molar-refractivity contribution in [3.05, 3.63) is 94.5 Å². The number of anilines is 2. The van der Waals surface area contributed by atoms with Crippen LogP contribution >= 0.6 is 11.6 Å². The van der Waals surface area contributed by atoms with Gasteiger partial charge in [-0.15, -0.1) is 0 Å². The molecule has 0 fully saturated rings. The van der Waals surface area contributed by atoms with Crippen LogP contribution in [0.2, 0.25) is 5.02 Å². The number of sulfonamides is 1. The number of aromatic nitrogens is 2. The van der Waals surface area contributed by atoms with Crippen molar-refractivity contribution >= 4 is 38.9 Å². The van der Waals surface area contributed by atoms with Crippen molar-refractivity contribution in [2.75, 3.05) is 15.8 Å². The van der Waals surface area contributed by atoms with Crippen molar-refractivity contribution in [3.63, 3.8) is 0 Å². The molecule has 0 spiro atoms. The highest BCUT2D eigenvalue weighted by molar-refractivity contribution is 7.92. The van der Waals surface area contributed by atoms with Crippen LogP contribution in [-0.2, 0) is 23.7 Å². The van der Waals surface area contributed by atoms with Crippen LogP contribution in [0.1, 0.15) is 22.8 Å². The van der Waals surface area contributed by atoms with E-state index in [1.165, 1.54) is 37.4 Å². The summed E-state index contributed by atoms with van der Waals surface area (Å²) in [5, 5.41) is 2.86. The number of carbonyl (C=O) groups excluding carboxylic acids is 1. The van der Waals surface area contributed by atoms with Crippen LogP contribution in [0.3, 0.4) is 0 Å². The third kappa shape index (κ3) is 7.09. The van der Waals surface area contributed by atoms with Crippen LogP contribution in [0.25, 0.3) is 11.4 Å². The van der Waals surface area contributed by atoms with Crippen LogP contribution in [0.15, 0.2) is 60.9 Å². The predicted molar refractivity (Wildman–Crippen MR) is 142 cm³/mol. The fraction of sp³-hybridized carbons (Fsp3) is 0.154. The van der Waals surface area contributed by atoms with Gasteiger partial charge in [0, 0.05) is 36.1 Å². The summed E-state index contributed by atoms with van der Waals surface area (Å²) < 4.78 is 74.5. The lowest BCUT2D eigenvalue weighted by molar-refractivity contribution is 0.102. The normalized spacial score (nSPS) is 11.3. The summed E-state index contributed by atoms with van der Waals surface area (Å²) in [5.41, 5.74) is 1.41. The zero-order chi connectivity index (χ0) is 28.3. The van der Waals surface area contributed by atoms with Crippen molar-refractivity contribution in [3.8, 4) is 17.1 Å². The second kappa shape index (κ2) is 11.4. The number of halogens is 4. The fourth-order valence-corrected chi connectivity index (χ4v) is 4.53. The number of benzene rings is 2. The Kier molecular flexibility index (Phi) is 8.17. The van der Waals surface area contributed by atoms with Gasteiger partial charge < -0.3 is 14.6 Å². The van der Waals surface area contributed by atoms with Gasteiger partial charge in [-0.1, -0.05) is 11.6 Å². The van der Waals surface area contributed by atoms with Gasteiger partial charge in [0.2, 0.25) is 10.0 Å². The van der Waals surface area contributed by atoms with Gasteiger partial charge in [0.05, 0.1) is 28.9 Å². The largest absolute Gasteiger partial charge is 0.486 e. The molecule has 1 amide bonds. The summed E-state index contributed by atoms with van der Waals surface area (Å²) in [6.45, 7) is 1.22. The SMILES string of the molecule is CCS(=O)(=O)Nc1cc(Cl)cc(NC(=O)c2cc(-c3ncc(F)cc3OCc3cc(F)cc(F)c3)n(C)c2)c1. The van der Waals surface area contributed by atoms with Crippen molar-refractivity contribution in [1.29, 1.82) is 0 Å². The zero-order valence-electron chi connectivity index (χ0n) is 20.6. The molecule has 0 aliphatic rings. The molecule has 2 N–H and O–H groups in total. The summed E-state index contributed by atoms with van der Waals surface area (Å²) in [6.07, 6.45) is 2.48. The van der Waals surface area contributed by atoms with Crippen LogP contribution in [0, 0.1) is 17.5 Å². The maximum absolute atomic E-state index is 14.0. The molecule has 0 atom stereocenters. The molecule has 0 bridgehead atoms. The molecule has 4 aromatic rings. The van der Waals surface area contributed by atoms with Crippen molar-refractivity contribution in [1.82, 2.24) is 9.55 Å². The lowest BCUT2D eigenvalue weighted by atomic mass is 10.2. The number of carbonyl (C=O) groups is 1. The van der Waals surface area contributed by atoms with Gasteiger partial charge in [0.1, 0.15) is 29.8 Å². The van der Waals surface area contributed by atoms with E-state index in [1.807, 2.05) is 0 Å². The molecule has 0 saturated carbocycles. The molecule has 39 heavy (non-hydrogen) atoms. The summed E-state index contributed by atoms with van der Waals surface area (Å²) in [7, 11) is -1.92. The Balaban J connectivity index is 1.58. The molecule has 8 nitrogen and oxygen atoms in total. The third-order valence-corrected chi connectivity index (χ3v) is 6.98. The van der Waals surface area contributed by atoms with E-state index in [9.17, 15) is 26.4 Å². The summed E-state index contributed by atoms with van der Waals surface area (Å²) in [4.78, 5) is 17.1. The maximum atomic E-state index is 14.0. The second-order valence-corrected chi connectivity index (χ2v) is 10.9. The molecule has 2 aromatic heterocycles. The van der Waals surface area contributed by atoms with E-state index in [-0.39, 0.29) is 51.3 Å². The lowest BCUT2D eigenvalue weighted by Gasteiger charge is -2.12. The van der Waals surface area contributed by atoms with Gasteiger partial charge >= 0.3 is 0 Å². The summed E-state index contributed by atoms with van der Waals surface area (Å²) >= 11 is 6.10. The molecule has 0 saturated heterocycles. The van der Waals surface area contributed by atoms with Crippen molar-refractivity contribution < 1.29 is 31.1 Å². The minimum absolute atomic E-state index is 0.00415. The smallest absolute Gasteiger partial charge is 0.257 e. The second-order valence-electron chi connectivity index (χ2n) is 8.48. The Morgan fingerprint density at radius 2 is 1.69 bits per heavy atom. The Morgan fingerprint density at radius 1 is 1.00 bits per heavy atom. The van der Waals surface area contributed by atoms with E-state index in [0.717, 1.165) is 30.5 Å². The van der Waals surface area contributed by atoms with Gasteiger partial charge in [-0.3, -0.25) is 9.52 Å². The number of amides is 1. The minimum Gasteiger partial charge on any atom is -0.486 e. The molecule has 4 rings (SSSR count). The number of rotatable bonds is 9. The van der Waals surface area contributed by atoms with Gasteiger partial charge in [-0.25, -0.2) is 26.6 Å². The summed E-state index contributed by atoms with van der Waals surface area (Å²) in [5.74, 6) is -2.94. The van der Waals surface area contributed by atoms with Crippen molar-refractivity contribution in [2.45, 2.75) is 13.5 Å². The molecular weight excluding hydrogens is 557 g/mol. The van der Waals surface area contributed by atoms with Crippen LogP contribution in [0.5, 0.6) is 5.75 Å². The average molecular weight is 579 g/mol. The lowest BCUT2D eigenvalue weighted by Crippen LogP contribution is -2.15. The zero-order valence-corrected chi connectivity index (χ0v) is 22.2. The molecule has 0 unspecified atom stereocenters. The topological polar surface area (TPSA) is 102 Å². The molecule has 0 aliphatic heterocycles. The molecule has 13 heteroatoms. The first-order valence-electron chi connectivity index (χ1n) is 11.4. The van der Waals surface area contributed by atoms with Crippen LogP contribution < -0.4 is 14.8 Å². The molecule has 2 heterocycles. The Labute approximate surface area is 227 Å². The van der Waals surface area contributed by atoms with Crippen LogP contribution in [-0.4, -0.2) is 29.6 Å². The van der Waals surface area contributed by atoms with Gasteiger partial charge in [-0.2, -0.15) is 0 Å². The fourth-order valence-electron chi connectivity index (χ4n) is 3.68. The first-order chi connectivity index (χ1) is 18.4. The first kappa shape index (κ1) is 28.0. The van der Waals surface area contributed by atoms with E-state index in [4.69, 9.17) is 16.3 Å². The maximum Gasteiger partial charge on any atom is 0.257 e. The average Bonchev–Trinajstić information content (AvgIpc) is 3.23. The molecular formula is C26H22ClF3N4O4S. The number of hydrogen-bond donors (Lipinski definition) is 2. The molecule has 2 aromatic carbocycles. The molecule has 0 radical (unpaired) electrons. The predicted octanol–water partition coefficient (Wildman–Crippen LogP) is 5.75. The number of pyridine rings is 1. The Hall–Kier alpha value is -4.03. The van der Waals surface area contributed by atoms with E-state index >= 15 is 0 Å². The summed E-state index contributed by atoms with van der Waals surface area (Å²) in [6, 6.07) is 9.77. The monoisotopic (exact) mass is 578 g/mol. The number of nitrogens with one attached hydrogen (secondary N) is 2. The number of aryl methyl sites for hydroxylation is 1. The highest BCUT2D eigenvalue weighted by Gasteiger charge is 2.18. The first-order valence-corrected chi connectivity index (χ1v) is 13.5. The number of ether oxygens (including phenoxy) is 1. The highest BCUT2D eigenvalue weighted by atomic mass is 35.5. The van der Waals surface area contributed by atoms with E-state index in [0.29, 0.717) is 5.69 Å². The third-order valence-electron chi connectivity index (χ3n) is 5.45. The van der Waals surface area contributed by atoms with Gasteiger partial charge in [0.15, 0.2) is 5.75 Å².